The Morgan fingerprint density at radius 2 is 2.25 bits per heavy atom. The molecule has 0 amide bonds. The van der Waals surface area contributed by atoms with Crippen molar-refractivity contribution in [3.63, 3.8) is 0 Å². The van der Waals surface area contributed by atoms with E-state index >= 15 is 0 Å². The first-order valence-corrected chi connectivity index (χ1v) is 7.51. The second-order valence-corrected chi connectivity index (χ2v) is 5.95. The van der Waals surface area contributed by atoms with Crippen molar-refractivity contribution in [2.45, 2.75) is 45.4 Å². The lowest BCUT2D eigenvalue weighted by Crippen LogP contribution is -2.10. The Kier molecular flexibility index (Phi) is 6.08. The Hall–Kier alpha value is -0.330. The highest BCUT2D eigenvalue weighted by Crippen LogP contribution is 2.37. The summed E-state index contributed by atoms with van der Waals surface area (Å²) in [5, 5.41) is 11.1. The van der Waals surface area contributed by atoms with Crippen LogP contribution in [-0.2, 0) is 0 Å². The Labute approximate surface area is 111 Å². The van der Waals surface area contributed by atoms with Crippen molar-refractivity contribution in [2.24, 2.45) is 5.92 Å². The van der Waals surface area contributed by atoms with Gasteiger partial charge in [0.1, 0.15) is 0 Å². The summed E-state index contributed by atoms with van der Waals surface area (Å²) in [5.41, 5.74) is 0. The van der Waals surface area contributed by atoms with E-state index in [2.05, 4.69) is 47.3 Å². The van der Waals surface area contributed by atoms with Gasteiger partial charge >= 0.3 is 0 Å². The summed E-state index contributed by atoms with van der Waals surface area (Å²) in [7, 11) is 0. The zero-order chi connectivity index (χ0) is 12.0. The van der Waals surface area contributed by atoms with Gasteiger partial charge in [0.15, 0.2) is 0 Å². The van der Waals surface area contributed by atoms with Gasteiger partial charge in [-0.15, -0.1) is 11.3 Å². The number of hydrogen-bond acceptors (Lipinski definition) is 2. The van der Waals surface area contributed by atoms with Crippen molar-refractivity contribution in [3.05, 3.63) is 20.8 Å². The van der Waals surface area contributed by atoms with Gasteiger partial charge in [0, 0.05) is 27.1 Å². The van der Waals surface area contributed by atoms with Gasteiger partial charge in [-0.1, -0.05) is 33.1 Å². The summed E-state index contributed by atoms with van der Waals surface area (Å²) < 4.78 is 1.14. The fraction of sp³-hybridized carbons (Fsp3) is 0.615. The fourth-order valence-corrected chi connectivity index (χ4v) is 3.82. The van der Waals surface area contributed by atoms with Crippen molar-refractivity contribution < 1.29 is 0 Å². The fourth-order valence-electron chi connectivity index (χ4n) is 2.18. The Morgan fingerprint density at radius 3 is 2.69 bits per heavy atom. The third-order valence-corrected chi connectivity index (χ3v) is 4.84. The van der Waals surface area contributed by atoms with E-state index in [1.807, 2.05) is 0 Å². The van der Waals surface area contributed by atoms with Crippen LogP contribution in [0.3, 0.4) is 0 Å². The normalized spacial score (nSPS) is 14.4. The van der Waals surface area contributed by atoms with Crippen molar-refractivity contribution in [3.8, 4) is 6.07 Å². The molecule has 0 radical (unpaired) electrons. The zero-order valence-corrected chi connectivity index (χ0v) is 12.3. The van der Waals surface area contributed by atoms with E-state index in [0.29, 0.717) is 18.3 Å². The first kappa shape index (κ1) is 13.7. The number of nitrogens with zero attached hydrogens (tertiary/aromatic N) is 1. The molecule has 2 atom stereocenters. The Morgan fingerprint density at radius 1 is 1.50 bits per heavy atom. The maximum absolute atomic E-state index is 8.96. The molecule has 1 nitrogen and oxygen atoms in total. The molecule has 0 aliphatic heterocycles. The lowest BCUT2D eigenvalue weighted by Gasteiger charge is -2.22. The van der Waals surface area contributed by atoms with Gasteiger partial charge in [0.25, 0.3) is 0 Å². The van der Waals surface area contributed by atoms with E-state index in [9.17, 15) is 0 Å². The van der Waals surface area contributed by atoms with Crippen LogP contribution in [-0.4, -0.2) is 0 Å². The molecule has 0 N–H and O–H groups in total. The minimum absolute atomic E-state index is 0.422. The molecule has 1 aromatic rings. The molecule has 0 aliphatic carbocycles. The van der Waals surface area contributed by atoms with Crippen LogP contribution in [0.25, 0.3) is 0 Å². The maximum atomic E-state index is 8.96. The Balaban J connectivity index is 2.85. The molecule has 1 heterocycles. The summed E-state index contributed by atoms with van der Waals surface area (Å²) in [5.74, 6) is 1.07. The number of nitriles is 1. The SMILES string of the molecule is CCCC(CC)C(CC#N)c1cc(Br)cs1. The highest BCUT2D eigenvalue weighted by atomic mass is 79.9. The predicted octanol–water partition coefficient (Wildman–Crippen LogP) is 5.33. The number of thiophene rings is 1. The third kappa shape index (κ3) is 3.61. The van der Waals surface area contributed by atoms with Crippen molar-refractivity contribution in [2.75, 3.05) is 0 Å². The van der Waals surface area contributed by atoms with Gasteiger partial charge in [-0.05, 0) is 27.9 Å². The second kappa shape index (κ2) is 7.09. The molecule has 88 valence electrons. The largest absolute Gasteiger partial charge is 0.198 e. The highest BCUT2D eigenvalue weighted by Gasteiger charge is 2.22. The second-order valence-electron chi connectivity index (χ2n) is 4.09. The standard InChI is InChI=1S/C13H18BrNS/c1-3-5-10(4-2)12(6-7-15)13-8-11(14)9-16-13/h8-10,12H,3-6H2,1-2H3. The molecular formula is C13H18BrNS. The van der Waals surface area contributed by atoms with Crippen LogP contribution in [0, 0.1) is 17.2 Å². The van der Waals surface area contributed by atoms with Crippen LogP contribution in [0.5, 0.6) is 0 Å². The monoisotopic (exact) mass is 299 g/mol. The van der Waals surface area contributed by atoms with Gasteiger partial charge in [-0.3, -0.25) is 0 Å². The predicted molar refractivity (Wildman–Crippen MR) is 73.7 cm³/mol. The molecule has 3 heteroatoms. The summed E-state index contributed by atoms with van der Waals surface area (Å²) in [6.07, 6.45) is 4.23. The molecule has 0 spiro atoms. The van der Waals surface area contributed by atoms with E-state index in [-0.39, 0.29) is 0 Å². The first-order chi connectivity index (χ1) is 7.72. The lowest BCUT2D eigenvalue weighted by atomic mass is 9.83. The van der Waals surface area contributed by atoms with E-state index in [1.165, 1.54) is 17.7 Å². The molecule has 2 unspecified atom stereocenters. The van der Waals surface area contributed by atoms with E-state index < -0.39 is 0 Å². The van der Waals surface area contributed by atoms with E-state index in [1.54, 1.807) is 11.3 Å². The van der Waals surface area contributed by atoms with Crippen molar-refractivity contribution in [1.29, 1.82) is 5.26 Å². The minimum atomic E-state index is 0.422. The molecule has 1 aromatic heterocycles. The minimum Gasteiger partial charge on any atom is -0.198 e. The van der Waals surface area contributed by atoms with Crippen LogP contribution in [0.15, 0.2) is 15.9 Å². The topological polar surface area (TPSA) is 23.8 Å². The Bertz CT molecular complexity index is 353. The molecule has 0 fully saturated rings. The van der Waals surface area contributed by atoms with Crippen LogP contribution in [0.1, 0.15) is 50.3 Å². The summed E-state index contributed by atoms with van der Waals surface area (Å²) in [6.45, 7) is 4.45. The van der Waals surface area contributed by atoms with Gasteiger partial charge in [0.05, 0.1) is 6.07 Å². The molecule has 1 rings (SSSR count). The number of halogens is 1. The highest BCUT2D eigenvalue weighted by molar-refractivity contribution is 9.10. The summed E-state index contributed by atoms with van der Waals surface area (Å²) in [4.78, 5) is 1.36. The van der Waals surface area contributed by atoms with Crippen LogP contribution in [0.2, 0.25) is 0 Å². The summed E-state index contributed by atoms with van der Waals surface area (Å²) >= 11 is 5.26. The number of hydrogen-bond donors (Lipinski definition) is 0. The van der Waals surface area contributed by atoms with Gasteiger partial charge in [-0.25, -0.2) is 0 Å². The van der Waals surface area contributed by atoms with E-state index in [4.69, 9.17) is 5.26 Å². The van der Waals surface area contributed by atoms with Gasteiger partial charge < -0.3 is 0 Å². The van der Waals surface area contributed by atoms with E-state index in [0.717, 1.165) is 10.9 Å². The average molecular weight is 300 g/mol. The quantitative estimate of drug-likeness (QED) is 0.696. The molecule has 0 aliphatic rings. The van der Waals surface area contributed by atoms with Crippen LogP contribution in [0.4, 0.5) is 0 Å². The smallest absolute Gasteiger partial charge is 0.0628 e. The van der Waals surface area contributed by atoms with Gasteiger partial charge in [0.2, 0.25) is 0 Å². The molecule has 0 aromatic carbocycles. The van der Waals surface area contributed by atoms with Crippen LogP contribution < -0.4 is 0 Å². The molecule has 0 saturated carbocycles. The lowest BCUT2D eigenvalue weighted by molar-refractivity contribution is 0.386. The third-order valence-electron chi connectivity index (χ3n) is 3.02. The molecular weight excluding hydrogens is 282 g/mol. The van der Waals surface area contributed by atoms with Crippen molar-refractivity contribution in [1.82, 2.24) is 0 Å². The first-order valence-electron chi connectivity index (χ1n) is 5.83. The number of rotatable bonds is 6. The van der Waals surface area contributed by atoms with Gasteiger partial charge in [-0.2, -0.15) is 5.26 Å². The maximum Gasteiger partial charge on any atom is 0.0628 e. The molecule has 0 saturated heterocycles. The molecule has 16 heavy (non-hydrogen) atoms. The zero-order valence-electron chi connectivity index (χ0n) is 9.87. The van der Waals surface area contributed by atoms with Crippen molar-refractivity contribution >= 4 is 27.3 Å². The summed E-state index contributed by atoms with van der Waals surface area (Å²) in [6, 6.07) is 4.51. The average Bonchev–Trinajstić information content (AvgIpc) is 2.70. The molecule has 0 bridgehead atoms. The van der Waals surface area contributed by atoms with Crippen LogP contribution >= 0.6 is 27.3 Å².